The van der Waals surface area contributed by atoms with Gasteiger partial charge in [0.25, 0.3) is 11.2 Å². The van der Waals surface area contributed by atoms with Gasteiger partial charge in [-0.25, -0.2) is 9.79 Å². The number of ether oxygens (including phenoxy) is 2. The minimum atomic E-state index is -0.683. The number of hydrogen-bond donors (Lipinski definition) is 0. The molecule has 0 saturated carbocycles. The molecule has 1 atom stereocenters. The lowest BCUT2D eigenvalue weighted by atomic mass is 9.96. The van der Waals surface area contributed by atoms with Crippen molar-refractivity contribution in [2.75, 3.05) is 6.61 Å². The fourth-order valence-electron chi connectivity index (χ4n) is 4.48. The third kappa shape index (κ3) is 6.06. The van der Waals surface area contributed by atoms with E-state index >= 15 is 0 Å². The van der Waals surface area contributed by atoms with E-state index < -0.39 is 16.9 Å². The van der Waals surface area contributed by atoms with Gasteiger partial charge in [0.1, 0.15) is 12.4 Å². The van der Waals surface area contributed by atoms with Gasteiger partial charge in [0.05, 0.1) is 33.4 Å². The Labute approximate surface area is 247 Å². The number of benzene rings is 3. The number of rotatable bonds is 8. The van der Waals surface area contributed by atoms with Crippen molar-refractivity contribution in [3.05, 3.63) is 135 Å². The van der Waals surface area contributed by atoms with Crippen LogP contribution in [0.15, 0.2) is 98.3 Å². The number of non-ortho nitro benzene ring substituents is 1. The summed E-state index contributed by atoms with van der Waals surface area (Å²) in [4.78, 5) is 42.3. The quantitative estimate of drug-likeness (QED) is 0.152. The number of nitrogens with zero attached hydrogens (tertiary/aromatic N) is 3. The summed E-state index contributed by atoms with van der Waals surface area (Å²) >= 11 is 4.69. The molecule has 0 unspecified atom stereocenters. The smallest absolute Gasteiger partial charge is 0.338 e. The fraction of sp³-hybridized carbons (Fsp3) is 0.167. The van der Waals surface area contributed by atoms with Gasteiger partial charge in [0.2, 0.25) is 0 Å². The minimum Gasteiger partial charge on any atom is -0.489 e. The van der Waals surface area contributed by atoms with Crippen molar-refractivity contribution in [1.29, 1.82) is 0 Å². The maximum Gasteiger partial charge on any atom is 0.338 e. The monoisotopic (exact) mass is 633 g/mol. The standard InChI is InChI=1S/C30H24BrN3O6S/c1-3-39-29(36)26-18(2)32-30-33(27(26)21-9-11-22(31)12-10-21)28(35)25(41-30)16-20-5-4-6-24(15-20)40-17-19-7-13-23(14-8-19)34(37)38/h4-16,27H,3,17H2,1-2H3/b25-16-/t27-/m1/s1. The summed E-state index contributed by atoms with van der Waals surface area (Å²) in [5.41, 5.74) is 2.88. The summed E-state index contributed by atoms with van der Waals surface area (Å²) in [5.74, 6) is 0.0758. The van der Waals surface area contributed by atoms with Crippen LogP contribution < -0.4 is 19.6 Å². The number of halogens is 1. The van der Waals surface area contributed by atoms with Crippen LogP contribution in [0.3, 0.4) is 0 Å². The van der Waals surface area contributed by atoms with Gasteiger partial charge in [-0.3, -0.25) is 19.5 Å². The van der Waals surface area contributed by atoms with Crippen LogP contribution >= 0.6 is 27.3 Å². The third-order valence-corrected chi connectivity index (χ3v) is 7.92. The SMILES string of the molecule is CCOC(=O)C1=C(C)N=c2s/c(=C\c3cccc(OCc4ccc([N+](=O)[O-])cc4)c3)c(=O)n2[C@@H]1c1ccc(Br)cc1. The third-order valence-electron chi connectivity index (χ3n) is 6.41. The predicted octanol–water partition coefficient (Wildman–Crippen LogP) is 5.05. The van der Waals surface area contributed by atoms with Crippen LogP contribution in [-0.2, 0) is 16.1 Å². The average molecular weight is 635 g/mol. The molecule has 4 aromatic rings. The molecular weight excluding hydrogens is 610 g/mol. The van der Waals surface area contributed by atoms with E-state index in [0.717, 1.165) is 21.2 Å². The Morgan fingerprint density at radius 2 is 1.88 bits per heavy atom. The van der Waals surface area contributed by atoms with Crippen LogP contribution in [-0.4, -0.2) is 22.1 Å². The molecule has 3 aromatic carbocycles. The molecule has 0 amide bonds. The van der Waals surface area contributed by atoms with Gasteiger partial charge >= 0.3 is 5.97 Å². The number of thiazole rings is 1. The first-order valence-corrected chi connectivity index (χ1v) is 14.3. The van der Waals surface area contributed by atoms with E-state index in [1.54, 1.807) is 42.7 Å². The van der Waals surface area contributed by atoms with E-state index in [0.29, 0.717) is 26.4 Å². The normalized spacial score (nSPS) is 14.8. The molecule has 1 aliphatic heterocycles. The minimum absolute atomic E-state index is 0.0177. The largest absolute Gasteiger partial charge is 0.489 e. The van der Waals surface area contributed by atoms with Gasteiger partial charge < -0.3 is 9.47 Å². The number of carbonyl (C=O) groups is 1. The Balaban J connectivity index is 1.49. The van der Waals surface area contributed by atoms with E-state index in [1.807, 2.05) is 42.5 Å². The summed E-state index contributed by atoms with van der Waals surface area (Å²) in [6, 6.07) is 20.3. The molecule has 0 saturated heterocycles. The van der Waals surface area contributed by atoms with Crippen LogP contribution in [0.25, 0.3) is 6.08 Å². The highest BCUT2D eigenvalue weighted by atomic mass is 79.9. The Bertz CT molecular complexity index is 1840. The molecule has 9 nitrogen and oxygen atoms in total. The van der Waals surface area contributed by atoms with Crippen molar-refractivity contribution in [2.45, 2.75) is 26.5 Å². The topological polar surface area (TPSA) is 113 Å². The Hall–Kier alpha value is -4.35. The lowest BCUT2D eigenvalue weighted by Gasteiger charge is -2.24. The lowest BCUT2D eigenvalue weighted by molar-refractivity contribution is -0.384. The molecule has 0 spiro atoms. The summed E-state index contributed by atoms with van der Waals surface area (Å²) in [6.07, 6.45) is 1.77. The van der Waals surface area contributed by atoms with Gasteiger partial charge in [-0.15, -0.1) is 0 Å². The fourth-order valence-corrected chi connectivity index (χ4v) is 5.79. The number of allylic oxidation sites excluding steroid dienone is 1. The number of nitro benzene ring substituents is 1. The summed E-state index contributed by atoms with van der Waals surface area (Å²) in [6.45, 7) is 3.92. The number of hydrogen-bond acceptors (Lipinski definition) is 8. The highest BCUT2D eigenvalue weighted by molar-refractivity contribution is 9.10. The van der Waals surface area contributed by atoms with E-state index in [4.69, 9.17) is 9.47 Å². The molecule has 0 N–H and O–H groups in total. The lowest BCUT2D eigenvalue weighted by Crippen LogP contribution is -2.39. The summed E-state index contributed by atoms with van der Waals surface area (Å²) in [5, 5.41) is 10.9. The van der Waals surface area contributed by atoms with Gasteiger partial charge in [0, 0.05) is 16.6 Å². The Morgan fingerprint density at radius 1 is 1.15 bits per heavy atom. The molecule has 1 aliphatic rings. The number of esters is 1. The summed E-state index contributed by atoms with van der Waals surface area (Å²) < 4.78 is 14.1. The molecule has 41 heavy (non-hydrogen) atoms. The maximum atomic E-state index is 13.8. The van der Waals surface area contributed by atoms with Crippen molar-refractivity contribution >= 4 is 45.0 Å². The molecule has 11 heteroatoms. The van der Waals surface area contributed by atoms with Crippen molar-refractivity contribution in [2.24, 2.45) is 4.99 Å². The van der Waals surface area contributed by atoms with Crippen LogP contribution in [0, 0.1) is 10.1 Å². The number of fused-ring (bicyclic) bond motifs is 1. The second-order valence-corrected chi connectivity index (χ2v) is 11.1. The number of nitro groups is 1. The molecule has 0 aliphatic carbocycles. The van der Waals surface area contributed by atoms with Gasteiger partial charge in [0.15, 0.2) is 4.80 Å². The number of carbonyl (C=O) groups excluding carboxylic acids is 1. The Kier molecular flexibility index (Phi) is 8.27. The first-order valence-electron chi connectivity index (χ1n) is 12.7. The van der Waals surface area contributed by atoms with Crippen LogP contribution in [0.2, 0.25) is 0 Å². The van der Waals surface area contributed by atoms with Crippen molar-refractivity contribution in [3.8, 4) is 5.75 Å². The molecule has 0 fully saturated rings. The first-order chi connectivity index (χ1) is 19.7. The molecule has 208 valence electrons. The molecular formula is C30H24BrN3O6S. The van der Waals surface area contributed by atoms with E-state index in [9.17, 15) is 19.7 Å². The van der Waals surface area contributed by atoms with Crippen LogP contribution in [0.4, 0.5) is 5.69 Å². The Morgan fingerprint density at radius 3 is 2.56 bits per heavy atom. The zero-order chi connectivity index (χ0) is 29.1. The average Bonchev–Trinajstić information content (AvgIpc) is 3.26. The molecule has 0 radical (unpaired) electrons. The zero-order valence-corrected chi connectivity index (χ0v) is 24.5. The second kappa shape index (κ2) is 12.0. The predicted molar refractivity (Wildman–Crippen MR) is 158 cm³/mol. The van der Waals surface area contributed by atoms with E-state index in [1.165, 1.54) is 23.5 Å². The first kappa shape index (κ1) is 28.2. The molecule has 0 bridgehead atoms. The van der Waals surface area contributed by atoms with Gasteiger partial charge in [-0.1, -0.05) is 51.5 Å². The van der Waals surface area contributed by atoms with Crippen LogP contribution in [0.1, 0.15) is 36.6 Å². The van der Waals surface area contributed by atoms with Gasteiger partial charge in [-0.2, -0.15) is 0 Å². The highest BCUT2D eigenvalue weighted by Gasteiger charge is 2.33. The number of aromatic nitrogens is 1. The van der Waals surface area contributed by atoms with E-state index in [-0.39, 0.29) is 24.5 Å². The van der Waals surface area contributed by atoms with E-state index in [2.05, 4.69) is 20.9 Å². The van der Waals surface area contributed by atoms with Crippen molar-refractivity contribution in [3.63, 3.8) is 0 Å². The highest BCUT2D eigenvalue weighted by Crippen LogP contribution is 2.31. The summed E-state index contributed by atoms with van der Waals surface area (Å²) in [7, 11) is 0. The molecule has 2 heterocycles. The second-order valence-electron chi connectivity index (χ2n) is 9.14. The van der Waals surface area contributed by atoms with Crippen LogP contribution in [0.5, 0.6) is 5.75 Å². The van der Waals surface area contributed by atoms with Crippen molar-refractivity contribution in [1.82, 2.24) is 4.57 Å². The zero-order valence-electron chi connectivity index (χ0n) is 22.1. The maximum absolute atomic E-state index is 13.8. The molecule has 5 rings (SSSR count). The molecule has 1 aromatic heterocycles. The van der Waals surface area contributed by atoms with Gasteiger partial charge in [-0.05, 0) is 73.0 Å². The van der Waals surface area contributed by atoms with Crippen molar-refractivity contribution < 1.29 is 19.2 Å².